The number of fused-ring (bicyclic) bond motifs is 1. The minimum Gasteiger partial charge on any atom is -0.490 e. The molecule has 0 amide bonds. The average molecular weight is 356 g/mol. The Kier molecular flexibility index (Phi) is 5.52. The number of benzene rings is 2. The van der Waals surface area contributed by atoms with E-state index in [0.717, 1.165) is 23.4 Å². The standard InChI is InChI=1S/C18H20N4O4/c1-19-18(20-12-13-4-2-5-15(10-13)22(23)24)21-14-6-7-16-17(11-14)26-9-3-8-25-16/h2,4-7,10-11H,3,8-9,12H2,1H3,(H2,19,20,21). The van der Waals surface area contributed by atoms with Gasteiger partial charge in [0.2, 0.25) is 0 Å². The Labute approximate surface area is 151 Å². The summed E-state index contributed by atoms with van der Waals surface area (Å²) in [5, 5.41) is 17.2. The van der Waals surface area contributed by atoms with Crippen molar-refractivity contribution in [3.8, 4) is 11.5 Å². The second kappa shape index (κ2) is 8.19. The second-order valence-electron chi connectivity index (χ2n) is 5.69. The molecule has 0 unspecified atom stereocenters. The van der Waals surface area contributed by atoms with Crippen molar-refractivity contribution in [3.05, 3.63) is 58.1 Å². The first-order valence-corrected chi connectivity index (χ1v) is 8.26. The van der Waals surface area contributed by atoms with E-state index in [1.807, 2.05) is 24.3 Å². The fraction of sp³-hybridized carbons (Fsp3) is 0.278. The van der Waals surface area contributed by atoms with Crippen molar-refractivity contribution < 1.29 is 14.4 Å². The third-order valence-corrected chi connectivity index (χ3v) is 3.82. The molecular formula is C18H20N4O4. The van der Waals surface area contributed by atoms with Crippen LogP contribution in [0.4, 0.5) is 11.4 Å². The average Bonchev–Trinajstić information content (AvgIpc) is 2.90. The third kappa shape index (κ3) is 4.41. The van der Waals surface area contributed by atoms with Gasteiger partial charge in [-0.15, -0.1) is 0 Å². The molecule has 0 aliphatic carbocycles. The van der Waals surface area contributed by atoms with Crippen molar-refractivity contribution in [2.45, 2.75) is 13.0 Å². The first-order chi connectivity index (χ1) is 12.7. The van der Waals surface area contributed by atoms with Crippen molar-refractivity contribution in [1.82, 2.24) is 5.32 Å². The van der Waals surface area contributed by atoms with Crippen LogP contribution in [-0.2, 0) is 6.54 Å². The minimum absolute atomic E-state index is 0.0650. The number of nitro groups is 1. The second-order valence-corrected chi connectivity index (χ2v) is 5.69. The molecule has 1 aliphatic heterocycles. The molecule has 3 rings (SSSR count). The van der Waals surface area contributed by atoms with Crippen molar-refractivity contribution >= 4 is 17.3 Å². The van der Waals surface area contributed by atoms with Crippen LogP contribution in [0, 0.1) is 10.1 Å². The molecule has 0 saturated carbocycles. The minimum atomic E-state index is -0.408. The lowest BCUT2D eigenvalue weighted by Gasteiger charge is -2.14. The van der Waals surface area contributed by atoms with Crippen LogP contribution in [0.25, 0.3) is 0 Å². The van der Waals surface area contributed by atoms with E-state index in [-0.39, 0.29) is 5.69 Å². The summed E-state index contributed by atoms with van der Waals surface area (Å²) in [5.74, 6) is 1.97. The van der Waals surface area contributed by atoms with Crippen LogP contribution in [0.15, 0.2) is 47.5 Å². The van der Waals surface area contributed by atoms with E-state index in [1.54, 1.807) is 13.1 Å². The van der Waals surface area contributed by atoms with E-state index < -0.39 is 4.92 Å². The number of rotatable bonds is 4. The molecular weight excluding hydrogens is 336 g/mol. The molecule has 2 aromatic carbocycles. The van der Waals surface area contributed by atoms with E-state index in [9.17, 15) is 10.1 Å². The summed E-state index contributed by atoms with van der Waals surface area (Å²) in [5.41, 5.74) is 1.66. The molecule has 8 heteroatoms. The van der Waals surface area contributed by atoms with Crippen molar-refractivity contribution in [1.29, 1.82) is 0 Å². The Hall–Kier alpha value is -3.29. The lowest BCUT2D eigenvalue weighted by Crippen LogP contribution is -2.30. The SMILES string of the molecule is CN=C(NCc1cccc([N+](=O)[O-])c1)Nc1ccc2c(c1)OCCCO2. The Bertz CT molecular complexity index is 823. The fourth-order valence-corrected chi connectivity index (χ4v) is 2.52. The number of nitrogens with one attached hydrogen (secondary N) is 2. The van der Waals surface area contributed by atoms with Crippen LogP contribution in [-0.4, -0.2) is 31.1 Å². The van der Waals surface area contributed by atoms with E-state index in [0.29, 0.717) is 31.5 Å². The van der Waals surface area contributed by atoms with Gasteiger partial charge in [0.05, 0.1) is 18.1 Å². The summed E-state index contributed by atoms with van der Waals surface area (Å²) in [4.78, 5) is 14.6. The number of anilines is 1. The fourth-order valence-electron chi connectivity index (χ4n) is 2.52. The molecule has 1 heterocycles. The Morgan fingerprint density at radius 1 is 1.19 bits per heavy atom. The number of guanidine groups is 1. The molecule has 0 bridgehead atoms. The first kappa shape index (κ1) is 17.5. The lowest BCUT2D eigenvalue weighted by molar-refractivity contribution is -0.384. The molecule has 8 nitrogen and oxygen atoms in total. The van der Waals surface area contributed by atoms with Crippen molar-refractivity contribution in [3.63, 3.8) is 0 Å². The van der Waals surface area contributed by atoms with Gasteiger partial charge in [0, 0.05) is 43.9 Å². The number of hydrogen-bond acceptors (Lipinski definition) is 5. The summed E-state index contributed by atoms with van der Waals surface area (Å²) < 4.78 is 11.3. The smallest absolute Gasteiger partial charge is 0.269 e. The summed E-state index contributed by atoms with van der Waals surface area (Å²) >= 11 is 0. The zero-order valence-corrected chi connectivity index (χ0v) is 14.4. The number of hydrogen-bond donors (Lipinski definition) is 2. The highest BCUT2D eigenvalue weighted by Gasteiger charge is 2.11. The summed E-state index contributed by atoms with van der Waals surface area (Å²) in [6.07, 6.45) is 0.851. The maximum atomic E-state index is 10.9. The first-order valence-electron chi connectivity index (χ1n) is 8.26. The van der Waals surface area contributed by atoms with Crippen LogP contribution in [0.2, 0.25) is 0 Å². The number of nitro benzene ring substituents is 1. The molecule has 0 radical (unpaired) electrons. The zero-order valence-electron chi connectivity index (χ0n) is 14.4. The molecule has 0 saturated heterocycles. The van der Waals surface area contributed by atoms with Crippen LogP contribution in [0.5, 0.6) is 11.5 Å². The van der Waals surface area contributed by atoms with Gasteiger partial charge in [-0.25, -0.2) is 0 Å². The normalized spacial score (nSPS) is 13.7. The van der Waals surface area contributed by atoms with Gasteiger partial charge in [0.15, 0.2) is 17.5 Å². The molecule has 0 aromatic heterocycles. The van der Waals surface area contributed by atoms with Gasteiger partial charge in [0.1, 0.15) is 0 Å². The Morgan fingerprint density at radius 2 is 2.00 bits per heavy atom. The van der Waals surface area contributed by atoms with Gasteiger partial charge in [0.25, 0.3) is 5.69 Å². The number of aliphatic imine (C=N–C) groups is 1. The molecule has 2 N–H and O–H groups in total. The molecule has 136 valence electrons. The third-order valence-electron chi connectivity index (χ3n) is 3.82. The van der Waals surface area contributed by atoms with Gasteiger partial charge in [-0.3, -0.25) is 15.1 Å². The van der Waals surface area contributed by atoms with Crippen molar-refractivity contribution in [2.24, 2.45) is 4.99 Å². The summed E-state index contributed by atoms with van der Waals surface area (Å²) in [6.45, 7) is 1.67. The predicted octanol–water partition coefficient (Wildman–Crippen LogP) is 2.94. The van der Waals surface area contributed by atoms with E-state index in [4.69, 9.17) is 9.47 Å². The number of nitrogens with zero attached hydrogens (tertiary/aromatic N) is 2. The van der Waals surface area contributed by atoms with Crippen molar-refractivity contribution in [2.75, 3.05) is 25.6 Å². The van der Waals surface area contributed by atoms with Crippen LogP contribution >= 0.6 is 0 Å². The zero-order chi connectivity index (χ0) is 18.4. The monoisotopic (exact) mass is 356 g/mol. The molecule has 0 atom stereocenters. The molecule has 2 aromatic rings. The van der Waals surface area contributed by atoms with Gasteiger partial charge < -0.3 is 20.1 Å². The molecule has 0 spiro atoms. The van der Waals surface area contributed by atoms with Gasteiger partial charge in [-0.2, -0.15) is 0 Å². The largest absolute Gasteiger partial charge is 0.490 e. The maximum Gasteiger partial charge on any atom is 0.269 e. The lowest BCUT2D eigenvalue weighted by atomic mass is 10.2. The predicted molar refractivity (Wildman–Crippen MR) is 99.0 cm³/mol. The topological polar surface area (TPSA) is 98.0 Å². The van der Waals surface area contributed by atoms with E-state index >= 15 is 0 Å². The Morgan fingerprint density at radius 3 is 2.77 bits per heavy atom. The molecule has 0 fully saturated rings. The highest BCUT2D eigenvalue weighted by atomic mass is 16.6. The number of ether oxygens (including phenoxy) is 2. The summed E-state index contributed by atoms with van der Waals surface area (Å²) in [6, 6.07) is 12.1. The van der Waals surface area contributed by atoms with E-state index in [2.05, 4.69) is 15.6 Å². The van der Waals surface area contributed by atoms with Gasteiger partial charge >= 0.3 is 0 Å². The maximum absolute atomic E-state index is 10.9. The van der Waals surface area contributed by atoms with Crippen LogP contribution in [0.1, 0.15) is 12.0 Å². The molecule has 26 heavy (non-hydrogen) atoms. The highest BCUT2D eigenvalue weighted by Crippen LogP contribution is 2.32. The van der Waals surface area contributed by atoms with E-state index in [1.165, 1.54) is 12.1 Å². The Balaban J connectivity index is 1.64. The van der Waals surface area contributed by atoms with Gasteiger partial charge in [-0.1, -0.05) is 12.1 Å². The van der Waals surface area contributed by atoms with Crippen LogP contribution in [0.3, 0.4) is 0 Å². The van der Waals surface area contributed by atoms with Crippen LogP contribution < -0.4 is 20.1 Å². The highest BCUT2D eigenvalue weighted by molar-refractivity contribution is 5.93. The number of non-ortho nitro benzene ring substituents is 1. The summed E-state index contributed by atoms with van der Waals surface area (Å²) in [7, 11) is 1.66. The quantitative estimate of drug-likeness (QED) is 0.378. The van der Waals surface area contributed by atoms with Gasteiger partial charge in [-0.05, 0) is 17.7 Å². The molecule has 1 aliphatic rings.